The Morgan fingerprint density at radius 3 is 2.69 bits per heavy atom. The summed E-state index contributed by atoms with van der Waals surface area (Å²) in [7, 11) is 0. The van der Waals surface area contributed by atoms with Crippen molar-refractivity contribution in [1.29, 1.82) is 0 Å². The molecular weight excluding hydrogens is 210 g/mol. The minimum Gasteiger partial charge on any atom is -0.465 e. The van der Waals surface area contributed by atoms with Crippen LogP contribution in [0.3, 0.4) is 0 Å². The lowest BCUT2D eigenvalue weighted by atomic mass is 10.1. The molecule has 5 heteroatoms. The van der Waals surface area contributed by atoms with Gasteiger partial charge in [-0.2, -0.15) is 0 Å². The maximum Gasteiger partial charge on any atom is 0.414 e. The van der Waals surface area contributed by atoms with Crippen molar-refractivity contribution in [2.24, 2.45) is 0 Å². The van der Waals surface area contributed by atoms with Crippen molar-refractivity contribution in [3.8, 4) is 0 Å². The number of rotatable bonds is 1. The summed E-state index contributed by atoms with van der Waals surface area (Å²) in [5.41, 5.74) is 0.762. The molecule has 0 spiro atoms. The smallest absolute Gasteiger partial charge is 0.414 e. The van der Waals surface area contributed by atoms with Gasteiger partial charge in [0.25, 0.3) is 5.91 Å². The molecule has 1 atom stereocenters. The fraction of sp³-hybridized carbons (Fsp3) is 0.273. The SMILES string of the molecule is O=C(O)N1C(=O)COCC1c1ccccc1. The van der Waals surface area contributed by atoms with Gasteiger partial charge in [0, 0.05) is 0 Å². The Kier molecular flexibility index (Phi) is 2.87. The van der Waals surface area contributed by atoms with E-state index in [1.807, 2.05) is 6.07 Å². The molecule has 1 N–H and O–H groups in total. The number of amides is 2. The molecule has 1 fully saturated rings. The third-order valence-corrected chi connectivity index (χ3v) is 2.47. The third kappa shape index (κ3) is 1.90. The van der Waals surface area contributed by atoms with Crippen LogP contribution in [-0.4, -0.2) is 35.2 Å². The summed E-state index contributed by atoms with van der Waals surface area (Å²) < 4.78 is 5.07. The zero-order valence-electron chi connectivity index (χ0n) is 8.50. The molecule has 1 aromatic carbocycles. The van der Waals surface area contributed by atoms with Crippen LogP contribution in [0.15, 0.2) is 30.3 Å². The number of carbonyl (C=O) groups is 2. The summed E-state index contributed by atoms with van der Waals surface area (Å²) in [4.78, 5) is 23.3. The summed E-state index contributed by atoms with van der Waals surface area (Å²) in [6, 6.07) is 8.45. The standard InChI is InChI=1S/C11H11NO4/c13-10-7-16-6-9(12(10)11(14)15)8-4-2-1-3-5-8/h1-5,9H,6-7H2,(H,14,15). The molecule has 1 aromatic rings. The lowest BCUT2D eigenvalue weighted by Gasteiger charge is -2.31. The summed E-state index contributed by atoms with van der Waals surface area (Å²) in [6.07, 6.45) is -1.23. The zero-order valence-corrected chi connectivity index (χ0v) is 8.50. The molecule has 0 aromatic heterocycles. The molecule has 0 radical (unpaired) electrons. The number of hydrogen-bond acceptors (Lipinski definition) is 3. The Hall–Kier alpha value is -1.88. The third-order valence-electron chi connectivity index (χ3n) is 2.47. The molecule has 2 amide bonds. The van der Waals surface area contributed by atoms with Crippen LogP contribution < -0.4 is 0 Å². The number of imide groups is 1. The molecule has 16 heavy (non-hydrogen) atoms. The van der Waals surface area contributed by atoms with Crippen LogP contribution in [0.1, 0.15) is 11.6 Å². The monoisotopic (exact) mass is 221 g/mol. The number of hydrogen-bond donors (Lipinski definition) is 1. The molecule has 84 valence electrons. The van der Waals surface area contributed by atoms with E-state index in [2.05, 4.69) is 0 Å². The van der Waals surface area contributed by atoms with Gasteiger partial charge in [-0.25, -0.2) is 9.69 Å². The van der Waals surface area contributed by atoms with Crippen LogP contribution in [-0.2, 0) is 9.53 Å². The van der Waals surface area contributed by atoms with Crippen LogP contribution in [0.5, 0.6) is 0 Å². The van der Waals surface area contributed by atoms with Gasteiger partial charge in [-0.15, -0.1) is 0 Å². The van der Waals surface area contributed by atoms with Gasteiger partial charge in [-0.3, -0.25) is 4.79 Å². The van der Waals surface area contributed by atoms with E-state index in [1.165, 1.54) is 0 Å². The van der Waals surface area contributed by atoms with Gasteiger partial charge < -0.3 is 9.84 Å². The maximum atomic E-state index is 11.4. The number of carboxylic acid groups (broad SMARTS) is 1. The predicted octanol–water partition coefficient (Wildman–Crippen LogP) is 1.26. The lowest BCUT2D eigenvalue weighted by Crippen LogP contribution is -2.46. The van der Waals surface area contributed by atoms with Crippen molar-refractivity contribution in [2.45, 2.75) is 6.04 Å². The first-order valence-electron chi connectivity index (χ1n) is 4.88. The van der Waals surface area contributed by atoms with Crippen molar-refractivity contribution in [1.82, 2.24) is 4.90 Å². The molecule has 0 aliphatic carbocycles. The molecule has 1 heterocycles. The van der Waals surface area contributed by atoms with Crippen LogP contribution in [0, 0.1) is 0 Å². The lowest BCUT2D eigenvalue weighted by molar-refractivity contribution is -0.144. The number of ether oxygens (including phenoxy) is 1. The summed E-state index contributed by atoms with van der Waals surface area (Å²) >= 11 is 0. The second-order valence-corrected chi connectivity index (χ2v) is 3.49. The van der Waals surface area contributed by atoms with E-state index in [-0.39, 0.29) is 13.2 Å². The normalized spacial score (nSPS) is 20.9. The van der Waals surface area contributed by atoms with Crippen LogP contribution in [0.4, 0.5) is 4.79 Å². The van der Waals surface area contributed by atoms with E-state index in [4.69, 9.17) is 9.84 Å². The fourth-order valence-electron chi connectivity index (χ4n) is 1.74. The summed E-state index contributed by atoms with van der Waals surface area (Å²) in [5.74, 6) is -0.521. The first-order valence-corrected chi connectivity index (χ1v) is 4.88. The van der Waals surface area contributed by atoms with E-state index in [0.717, 1.165) is 10.5 Å². The molecule has 0 bridgehead atoms. The van der Waals surface area contributed by atoms with Gasteiger partial charge in [0.15, 0.2) is 0 Å². The molecule has 1 saturated heterocycles. The van der Waals surface area contributed by atoms with Gasteiger partial charge in [-0.05, 0) is 5.56 Å². The van der Waals surface area contributed by atoms with E-state index in [9.17, 15) is 9.59 Å². The Balaban J connectivity index is 2.31. The van der Waals surface area contributed by atoms with E-state index in [0.29, 0.717) is 0 Å². The summed E-state index contributed by atoms with van der Waals surface area (Å²) in [5, 5.41) is 8.99. The molecule has 0 saturated carbocycles. The van der Waals surface area contributed by atoms with E-state index < -0.39 is 18.0 Å². The first-order chi connectivity index (χ1) is 7.70. The van der Waals surface area contributed by atoms with Gasteiger partial charge in [0.1, 0.15) is 6.61 Å². The minimum absolute atomic E-state index is 0.171. The Morgan fingerprint density at radius 1 is 1.38 bits per heavy atom. The van der Waals surface area contributed by atoms with Crippen LogP contribution in [0.25, 0.3) is 0 Å². The largest absolute Gasteiger partial charge is 0.465 e. The molecule has 1 aliphatic rings. The first kappa shape index (κ1) is 10.6. The van der Waals surface area contributed by atoms with Crippen LogP contribution >= 0.6 is 0 Å². The van der Waals surface area contributed by atoms with E-state index in [1.54, 1.807) is 24.3 Å². The highest BCUT2D eigenvalue weighted by Crippen LogP contribution is 2.24. The van der Waals surface area contributed by atoms with Crippen molar-refractivity contribution < 1.29 is 19.4 Å². The molecule has 2 rings (SSSR count). The van der Waals surface area contributed by atoms with Gasteiger partial charge >= 0.3 is 6.09 Å². The fourth-order valence-corrected chi connectivity index (χ4v) is 1.74. The van der Waals surface area contributed by atoms with Crippen molar-refractivity contribution in [2.75, 3.05) is 13.2 Å². The zero-order chi connectivity index (χ0) is 11.5. The highest BCUT2D eigenvalue weighted by molar-refractivity contribution is 5.92. The van der Waals surface area contributed by atoms with Crippen LogP contribution in [0.2, 0.25) is 0 Å². The van der Waals surface area contributed by atoms with Crippen molar-refractivity contribution in [3.05, 3.63) is 35.9 Å². The highest BCUT2D eigenvalue weighted by Gasteiger charge is 2.34. The maximum absolute atomic E-state index is 11.4. The highest BCUT2D eigenvalue weighted by atomic mass is 16.5. The minimum atomic E-state index is -1.23. The summed E-state index contributed by atoms with van der Waals surface area (Å²) in [6.45, 7) is 0.0394. The second kappa shape index (κ2) is 4.32. The topological polar surface area (TPSA) is 66.8 Å². The Morgan fingerprint density at radius 2 is 2.06 bits per heavy atom. The average Bonchev–Trinajstić information content (AvgIpc) is 2.29. The molecule has 1 aliphatic heterocycles. The Labute approximate surface area is 92.2 Å². The number of benzene rings is 1. The van der Waals surface area contributed by atoms with Gasteiger partial charge in [-0.1, -0.05) is 30.3 Å². The Bertz CT molecular complexity index is 404. The second-order valence-electron chi connectivity index (χ2n) is 3.49. The van der Waals surface area contributed by atoms with Gasteiger partial charge in [0.2, 0.25) is 0 Å². The van der Waals surface area contributed by atoms with Crippen molar-refractivity contribution in [3.63, 3.8) is 0 Å². The predicted molar refractivity (Wildman–Crippen MR) is 54.9 cm³/mol. The average molecular weight is 221 g/mol. The quantitative estimate of drug-likeness (QED) is 0.775. The van der Waals surface area contributed by atoms with Gasteiger partial charge in [0.05, 0.1) is 12.6 Å². The number of morpholine rings is 1. The number of carbonyl (C=O) groups excluding carboxylic acids is 1. The van der Waals surface area contributed by atoms with Crippen molar-refractivity contribution >= 4 is 12.0 Å². The van der Waals surface area contributed by atoms with E-state index >= 15 is 0 Å². The molecular formula is C11H11NO4. The molecule has 5 nitrogen and oxygen atoms in total. The molecule has 1 unspecified atom stereocenters. The number of nitrogens with zero attached hydrogens (tertiary/aromatic N) is 1.